The SMILES string of the molecule is C1=CCC=CC(NC2=CC3CC3C=C2)=C1.CCCN(CCNC(C)=O)C(c1ccccc1)c1ccc(C(C)(C)C)cc1. The number of rotatable bonds is 10. The number of benzene rings is 2. The van der Waals surface area contributed by atoms with E-state index in [4.69, 9.17) is 0 Å². The lowest BCUT2D eigenvalue weighted by atomic mass is 9.85. The molecule has 3 aliphatic carbocycles. The zero-order valence-electron chi connectivity index (χ0n) is 26.1. The van der Waals surface area contributed by atoms with E-state index in [-0.39, 0.29) is 17.4 Å². The monoisotopic (exact) mass is 563 g/mol. The summed E-state index contributed by atoms with van der Waals surface area (Å²) in [6, 6.07) is 19.9. The van der Waals surface area contributed by atoms with E-state index in [1.165, 1.54) is 34.5 Å². The van der Waals surface area contributed by atoms with E-state index in [0.29, 0.717) is 6.54 Å². The molecule has 2 aromatic rings. The molecule has 0 spiro atoms. The number of hydrogen-bond acceptors (Lipinski definition) is 3. The normalized spacial score (nSPS) is 19.5. The van der Waals surface area contributed by atoms with Crippen LogP contribution in [0.4, 0.5) is 0 Å². The van der Waals surface area contributed by atoms with Crippen LogP contribution in [0.5, 0.6) is 0 Å². The summed E-state index contributed by atoms with van der Waals surface area (Å²) >= 11 is 0. The molecular formula is C38H49N3O. The van der Waals surface area contributed by atoms with Crippen LogP contribution in [0.25, 0.3) is 0 Å². The lowest BCUT2D eigenvalue weighted by Crippen LogP contribution is -2.37. The predicted octanol–water partition coefficient (Wildman–Crippen LogP) is 7.99. The van der Waals surface area contributed by atoms with Crippen molar-refractivity contribution in [1.82, 2.24) is 15.5 Å². The van der Waals surface area contributed by atoms with Gasteiger partial charge >= 0.3 is 0 Å². The van der Waals surface area contributed by atoms with E-state index in [2.05, 4.69) is 146 Å². The highest BCUT2D eigenvalue weighted by Gasteiger charge is 2.35. The minimum Gasteiger partial charge on any atom is -0.356 e. The Bertz CT molecular complexity index is 1310. The summed E-state index contributed by atoms with van der Waals surface area (Å²) in [5.74, 6) is 1.68. The summed E-state index contributed by atoms with van der Waals surface area (Å²) in [4.78, 5) is 13.8. The Hall–Kier alpha value is -3.63. The van der Waals surface area contributed by atoms with Gasteiger partial charge in [0.2, 0.25) is 5.91 Å². The number of hydrogen-bond donors (Lipinski definition) is 2. The molecule has 2 aromatic carbocycles. The van der Waals surface area contributed by atoms with Crippen LogP contribution in [0.2, 0.25) is 0 Å². The smallest absolute Gasteiger partial charge is 0.216 e. The average molecular weight is 564 g/mol. The lowest BCUT2D eigenvalue weighted by Gasteiger charge is -2.33. The van der Waals surface area contributed by atoms with E-state index in [0.717, 1.165) is 37.8 Å². The summed E-state index contributed by atoms with van der Waals surface area (Å²) in [6.07, 6.45) is 21.0. The molecule has 4 heteroatoms. The molecule has 1 amide bonds. The molecule has 4 nitrogen and oxygen atoms in total. The number of nitrogens with one attached hydrogen (secondary N) is 2. The predicted molar refractivity (Wildman–Crippen MR) is 177 cm³/mol. The fraction of sp³-hybridized carbons (Fsp3) is 0.395. The third-order valence-corrected chi connectivity index (χ3v) is 7.93. The van der Waals surface area contributed by atoms with Crippen molar-refractivity contribution < 1.29 is 4.79 Å². The van der Waals surface area contributed by atoms with Crippen molar-refractivity contribution in [2.24, 2.45) is 11.8 Å². The Morgan fingerprint density at radius 2 is 1.67 bits per heavy atom. The van der Waals surface area contributed by atoms with Gasteiger partial charge in [0.05, 0.1) is 6.04 Å². The molecule has 3 aliphatic rings. The third kappa shape index (κ3) is 9.46. The van der Waals surface area contributed by atoms with Crippen molar-refractivity contribution in [1.29, 1.82) is 0 Å². The maximum Gasteiger partial charge on any atom is 0.216 e. The molecule has 0 heterocycles. The Kier molecular flexibility index (Phi) is 11.2. The van der Waals surface area contributed by atoms with Crippen molar-refractivity contribution >= 4 is 5.91 Å². The fourth-order valence-corrected chi connectivity index (χ4v) is 5.52. The fourth-order valence-electron chi connectivity index (χ4n) is 5.52. The minimum absolute atomic E-state index is 0.0252. The molecule has 0 radical (unpaired) electrons. The largest absolute Gasteiger partial charge is 0.356 e. The topological polar surface area (TPSA) is 44.4 Å². The molecule has 2 N–H and O–H groups in total. The molecule has 3 atom stereocenters. The molecule has 42 heavy (non-hydrogen) atoms. The van der Waals surface area contributed by atoms with Gasteiger partial charge in [-0.2, -0.15) is 0 Å². The van der Waals surface area contributed by atoms with Gasteiger partial charge < -0.3 is 10.6 Å². The number of amides is 1. The minimum atomic E-state index is 0.0252. The highest BCUT2D eigenvalue weighted by atomic mass is 16.1. The summed E-state index contributed by atoms with van der Waals surface area (Å²) in [7, 11) is 0. The van der Waals surface area contributed by atoms with E-state index >= 15 is 0 Å². The van der Waals surface area contributed by atoms with Crippen molar-refractivity contribution in [3.8, 4) is 0 Å². The Morgan fingerprint density at radius 3 is 2.33 bits per heavy atom. The van der Waals surface area contributed by atoms with Crippen LogP contribution in [0.3, 0.4) is 0 Å². The number of carbonyl (C=O) groups is 1. The van der Waals surface area contributed by atoms with Crippen LogP contribution in [0, 0.1) is 11.8 Å². The molecule has 0 aliphatic heterocycles. The van der Waals surface area contributed by atoms with Gasteiger partial charge in [0.15, 0.2) is 0 Å². The molecule has 1 saturated carbocycles. The van der Waals surface area contributed by atoms with Gasteiger partial charge in [-0.05, 0) is 78.0 Å². The van der Waals surface area contributed by atoms with Crippen LogP contribution in [-0.2, 0) is 10.2 Å². The van der Waals surface area contributed by atoms with Gasteiger partial charge in [-0.25, -0.2) is 0 Å². The van der Waals surface area contributed by atoms with E-state index in [1.54, 1.807) is 6.92 Å². The van der Waals surface area contributed by atoms with E-state index in [9.17, 15) is 4.79 Å². The van der Waals surface area contributed by atoms with Crippen molar-refractivity contribution in [3.05, 3.63) is 131 Å². The molecule has 3 unspecified atom stereocenters. The van der Waals surface area contributed by atoms with Gasteiger partial charge in [-0.15, -0.1) is 0 Å². The maximum atomic E-state index is 11.3. The first-order valence-corrected chi connectivity index (χ1v) is 15.6. The van der Waals surface area contributed by atoms with Crippen molar-refractivity contribution in [3.63, 3.8) is 0 Å². The Labute approximate surface area is 254 Å². The highest BCUT2D eigenvalue weighted by molar-refractivity contribution is 5.72. The number of carbonyl (C=O) groups excluding carboxylic acids is 1. The second-order valence-electron chi connectivity index (χ2n) is 12.6. The standard InChI is InChI=1S/C24H34N2O.C14H15N/c1-6-17-26(18-16-25-19(2)27)23(20-10-8-7-9-11-20)21-12-14-22(15-13-21)24(3,4)5;1-2-4-6-13(5-3-1)15-14-8-7-11-9-12(11)10-14/h7-15,23H,6,16-18H2,1-5H3,(H,25,27);1,3-8,10-12,15H,2,9H2. The first kappa shape index (κ1) is 31.3. The maximum absolute atomic E-state index is 11.3. The summed E-state index contributed by atoms with van der Waals surface area (Å²) in [5.41, 5.74) is 6.51. The second-order valence-corrected chi connectivity index (χ2v) is 12.6. The van der Waals surface area contributed by atoms with Gasteiger partial charge in [-0.3, -0.25) is 9.69 Å². The summed E-state index contributed by atoms with van der Waals surface area (Å²) in [6.45, 7) is 13.0. The quantitative estimate of drug-likeness (QED) is 0.308. The van der Waals surface area contributed by atoms with Gasteiger partial charge in [0, 0.05) is 31.4 Å². The molecular weight excluding hydrogens is 514 g/mol. The number of nitrogens with zero attached hydrogens (tertiary/aromatic N) is 1. The Balaban J connectivity index is 0.000000225. The van der Waals surface area contributed by atoms with Crippen LogP contribution >= 0.6 is 0 Å². The number of fused-ring (bicyclic) bond motifs is 1. The molecule has 1 fully saturated rings. The molecule has 0 bridgehead atoms. The zero-order chi connectivity index (χ0) is 30.0. The lowest BCUT2D eigenvalue weighted by molar-refractivity contribution is -0.119. The zero-order valence-corrected chi connectivity index (χ0v) is 26.1. The molecule has 0 saturated heterocycles. The molecule has 222 valence electrons. The van der Waals surface area contributed by atoms with Crippen LogP contribution in [0.1, 0.15) is 76.6 Å². The van der Waals surface area contributed by atoms with Crippen LogP contribution in [-0.4, -0.2) is 30.4 Å². The first-order valence-electron chi connectivity index (χ1n) is 15.6. The van der Waals surface area contributed by atoms with Crippen LogP contribution < -0.4 is 10.6 Å². The van der Waals surface area contributed by atoms with Crippen LogP contribution in [0.15, 0.2) is 115 Å². The van der Waals surface area contributed by atoms with Crippen molar-refractivity contribution in [2.45, 2.75) is 65.3 Å². The van der Waals surface area contributed by atoms with E-state index < -0.39 is 0 Å². The van der Waals surface area contributed by atoms with Gasteiger partial charge in [0.25, 0.3) is 0 Å². The van der Waals surface area contributed by atoms with Gasteiger partial charge in [-0.1, -0.05) is 113 Å². The first-order chi connectivity index (χ1) is 20.2. The molecule has 5 rings (SSSR count). The second kappa shape index (κ2) is 15.0. The molecule has 0 aromatic heterocycles. The summed E-state index contributed by atoms with van der Waals surface area (Å²) < 4.78 is 0. The van der Waals surface area contributed by atoms with E-state index in [1.807, 2.05) is 0 Å². The summed E-state index contributed by atoms with van der Waals surface area (Å²) in [5, 5.41) is 6.39. The highest BCUT2D eigenvalue weighted by Crippen LogP contribution is 2.44. The van der Waals surface area contributed by atoms with Crippen molar-refractivity contribution in [2.75, 3.05) is 19.6 Å². The average Bonchev–Trinajstić information content (AvgIpc) is 3.78. The number of allylic oxidation sites excluding steroid dienone is 8. The third-order valence-electron chi connectivity index (χ3n) is 7.93. The van der Waals surface area contributed by atoms with Gasteiger partial charge in [0.1, 0.15) is 0 Å². The Morgan fingerprint density at radius 1 is 0.929 bits per heavy atom.